The normalized spacial score (nSPS) is 11.1. The Kier molecular flexibility index (Phi) is 7.23. The number of ether oxygens (including phenoxy) is 1. The fraction of sp³-hybridized carbons (Fsp3) is 0.222. The number of hydrogen-bond acceptors (Lipinski definition) is 5. The number of ketones is 1. The summed E-state index contributed by atoms with van der Waals surface area (Å²) >= 11 is 2.00. The van der Waals surface area contributed by atoms with Crippen LogP contribution >= 0.6 is 22.6 Å². The molecule has 1 aromatic heterocycles. The van der Waals surface area contributed by atoms with Crippen molar-refractivity contribution in [3.63, 3.8) is 0 Å². The van der Waals surface area contributed by atoms with Gasteiger partial charge in [0.2, 0.25) is 0 Å². The SMILES string of the molecule is CCCCCc1oc2cc(OCc3ccccc3)c(O)cc2c1C(=O)c1ccc(O)c(I)c1. The largest absolute Gasteiger partial charge is 0.507 e. The van der Waals surface area contributed by atoms with Crippen molar-refractivity contribution >= 4 is 39.3 Å². The van der Waals surface area contributed by atoms with Crippen molar-refractivity contribution in [2.75, 3.05) is 0 Å². The summed E-state index contributed by atoms with van der Waals surface area (Å²) in [5.41, 5.74) is 2.39. The Morgan fingerprint density at radius 1 is 1.00 bits per heavy atom. The molecule has 0 aliphatic carbocycles. The number of phenolic OH excluding ortho intramolecular Hbond substituents is 2. The Hall–Kier alpha value is -3.00. The number of rotatable bonds is 9. The lowest BCUT2D eigenvalue weighted by Gasteiger charge is -2.08. The van der Waals surface area contributed by atoms with Crippen LogP contribution in [0.3, 0.4) is 0 Å². The second kappa shape index (κ2) is 10.3. The molecule has 0 amide bonds. The van der Waals surface area contributed by atoms with Crippen LogP contribution in [0.2, 0.25) is 0 Å². The molecule has 33 heavy (non-hydrogen) atoms. The molecule has 0 aliphatic heterocycles. The maximum absolute atomic E-state index is 13.5. The lowest BCUT2D eigenvalue weighted by molar-refractivity contribution is 0.103. The number of aromatic hydroxyl groups is 2. The zero-order chi connectivity index (χ0) is 23.4. The molecule has 5 nitrogen and oxygen atoms in total. The van der Waals surface area contributed by atoms with E-state index in [0.717, 1.165) is 24.8 Å². The highest BCUT2D eigenvalue weighted by molar-refractivity contribution is 14.1. The Balaban J connectivity index is 1.73. The molecule has 0 bridgehead atoms. The van der Waals surface area contributed by atoms with E-state index in [9.17, 15) is 15.0 Å². The lowest BCUT2D eigenvalue weighted by atomic mass is 9.98. The molecule has 0 aliphatic rings. The number of carbonyl (C=O) groups excluding carboxylic acids is 1. The molecule has 3 aromatic carbocycles. The van der Waals surface area contributed by atoms with Crippen molar-refractivity contribution in [3.8, 4) is 17.2 Å². The van der Waals surface area contributed by atoms with E-state index in [1.165, 1.54) is 6.07 Å². The molecule has 170 valence electrons. The molecule has 1 heterocycles. The first kappa shape index (κ1) is 23.2. The molecular formula is C27H25IO5. The van der Waals surface area contributed by atoms with Crippen LogP contribution in [0.15, 0.2) is 65.1 Å². The molecule has 0 atom stereocenters. The van der Waals surface area contributed by atoms with Crippen LogP contribution in [0, 0.1) is 3.57 Å². The van der Waals surface area contributed by atoms with Crippen molar-refractivity contribution in [2.24, 2.45) is 0 Å². The zero-order valence-corrected chi connectivity index (χ0v) is 20.5. The number of fused-ring (bicyclic) bond motifs is 1. The molecule has 6 heteroatoms. The lowest BCUT2D eigenvalue weighted by Crippen LogP contribution is -2.04. The molecule has 0 radical (unpaired) electrons. The monoisotopic (exact) mass is 556 g/mol. The van der Waals surface area contributed by atoms with E-state index in [1.807, 2.05) is 52.9 Å². The minimum absolute atomic E-state index is 0.0475. The summed E-state index contributed by atoms with van der Waals surface area (Å²) in [4.78, 5) is 13.5. The van der Waals surface area contributed by atoms with Crippen molar-refractivity contribution in [1.29, 1.82) is 0 Å². The number of phenols is 2. The molecule has 0 saturated carbocycles. The van der Waals surface area contributed by atoms with E-state index in [-0.39, 0.29) is 17.3 Å². The van der Waals surface area contributed by atoms with E-state index < -0.39 is 0 Å². The van der Waals surface area contributed by atoms with Crippen LogP contribution in [-0.4, -0.2) is 16.0 Å². The Labute approximate surface area is 206 Å². The second-order valence-corrected chi connectivity index (χ2v) is 9.11. The van der Waals surface area contributed by atoms with E-state index >= 15 is 0 Å². The quantitative estimate of drug-likeness (QED) is 0.132. The van der Waals surface area contributed by atoms with E-state index in [1.54, 1.807) is 24.3 Å². The molecule has 4 aromatic rings. The van der Waals surface area contributed by atoms with Gasteiger partial charge in [-0.2, -0.15) is 0 Å². The number of aryl methyl sites for hydroxylation is 1. The van der Waals surface area contributed by atoms with Gasteiger partial charge < -0.3 is 19.4 Å². The minimum atomic E-state index is -0.199. The highest BCUT2D eigenvalue weighted by Crippen LogP contribution is 2.38. The van der Waals surface area contributed by atoms with Crippen molar-refractivity contribution in [2.45, 2.75) is 39.2 Å². The van der Waals surface area contributed by atoms with Gasteiger partial charge in [0.15, 0.2) is 17.3 Å². The molecule has 2 N–H and O–H groups in total. The van der Waals surface area contributed by atoms with Crippen LogP contribution < -0.4 is 4.74 Å². The predicted molar refractivity (Wildman–Crippen MR) is 136 cm³/mol. The van der Waals surface area contributed by atoms with Crippen LogP contribution in [0.5, 0.6) is 17.2 Å². The number of unbranched alkanes of at least 4 members (excludes halogenated alkanes) is 2. The number of furan rings is 1. The summed E-state index contributed by atoms with van der Waals surface area (Å²) in [6, 6.07) is 17.7. The van der Waals surface area contributed by atoms with Crippen molar-refractivity contribution < 1.29 is 24.2 Å². The average molecular weight is 556 g/mol. The Morgan fingerprint density at radius 2 is 1.79 bits per heavy atom. The second-order valence-electron chi connectivity index (χ2n) is 7.94. The smallest absolute Gasteiger partial charge is 0.197 e. The number of halogens is 1. The summed E-state index contributed by atoms with van der Waals surface area (Å²) in [6.07, 6.45) is 3.60. The fourth-order valence-corrected chi connectivity index (χ4v) is 4.28. The molecule has 0 unspecified atom stereocenters. The molecule has 4 rings (SSSR count). The Bertz CT molecular complexity index is 1280. The van der Waals surface area contributed by atoms with Crippen LogP contribution in [0.25, 0.3) is 11.0 Å². The van der Waals surface area contributed by atoms with Gasteiger partial charge in [-0.1, -0.05) is 50.1 Å². The third-order valence-corrected chi connectivity index (χ3v) is 6.39. The average Bonchev–Trinajstić information content (AvgIpc) is 3.16. The highest BCUT2D eigenvalue weighted by atomic mass is 127. The fourth-order valence-electron chi connectivity index (χ4n) is 3.77. The number of benzene rings is 3. The molecule has 0 saturated heterocycles. The van der Waals surface area contributed by atoms with Gasteiger partial charge in [-0.3, -0.25) is 4.79 Å². The van der Waals surface area contributed by atoms with Gasteiger partial charge in [-0.05, 0) is 58.8 Å². The third kappa shape index (κ3) is 5.16. The summed E-state index contributed by atoms with van der Waals surface area (Å²) < 4.78 is 12.6. The van der Waals surface area contributed by atoms with Crippen LogP contribution in [0.1, 0.15) is 53.4 Å². The zero-order valence-electron chi connectivity index (χ0n) is 18.3. The number of hydrogen-bond donors (Lipinski definition) is 2. The van der Waals surface area contributed by atoms with Crippen molar-refractivity contribution in [3.05, 3.63) is 86.7 Å². The first-order valence-electron chi connectivity index (χ1n) is 11.0. The van der Waals surface area contributed by atoms with Gasteiger partial charge in [0.1, 0.15) is 23.7 Å². The van der Waals surface area contributed by atoms with Crippen LogP contribution in [0.4, 0.5) is 0 Å². The summed E-state index contributed by atoms with van der Waals surface area (Å²) in [7, 11) is 0. The summed E-state index contributed by atoms with van der Waals surface area (Å²) in [5.74, 6) is 0.791. The molecular weight excluding hydrogens is 531 g/mol. The van der Waals surface area contributed by atoms with Gasteiger partial charge in [0.05, 0.1) is 9.13 Å². The predicted octanol–water partition coefficient (Wildman–Crippen LogP) is 6.99. The van der Waals surface area contributed by atoms with Crippen molar-refractivity contribution in [1.82, 2.24) is 0 Å². The topological polar surface area (TPSA) is 79.9 Å². The van der Waals surface area contributed by atoms with Gasteiger partial charge in [-0.15, -0.1) is 0 Å². The first-order valence-corrected chi connectivity index (χ1v) is 12.0. The minimum Gasteiger partial charge on any atom is -0.507 e. The van der Waals surface area contributed by atoms with Crippen LogP contribution in [-0.2, 0) is 13.0 Å². The maximum Gasteiger partial charge on any atom is 0.197 e. The van der Waals surface area contributed by atoms with Gasteiger partial charge >= 0.3 is 0 Å². The number of carbonyl (C=O) groups is 1. The first-order chi connectivity index (χ1) is 16.0. The standard InChI is InChI=1S/C27H25IO5/c1-2-3-5-10-23-26(27(31)18-11-12-21(29)20(28)13-18)19-14-22(30)25(15-24(19)33-23)32-16-17-8-6-4-7-9-17/h4,6-9,11-15,29-30H,2-3,5,10,16H2,1H3. The molecule has 0 spiro atoms. The summed E-state index contributed by atoms with van der Waals surface area (Å²) in [6.45, 7) is 2.43. The van der Waals surface area contributed by atoms with E-state index in [4.69, 9.17) is 9.15 Å². The Morgan fingerprint density at radius 3 is 2.52 bits per heavy atom. The van der Waals surface area contributed by atoms with Gasteiger partial charge in [0.25, 0.3) is 0 Å². The van der Waals surface area contributed by atoms with Gasteiger partial charge in [0, 0.05) is 23.4 Å². The van der Waals surface area contributed by atoms with E-state index in [0.29, 0.717) is 50.2 Å². The highest BCUT2D eigenvalue weighted by Gasteiger charge is 2.24. The third-order valence-electron chi connectivity index (χ3n) is 5.52. The van der Waals surface area contributed by atoms with E-state index in [2.05, 4.69) is 6.92 Å². The maximum atomic E-state index is 13.5. The summed E-state index contributed by atoms with van der Waals surface area (Å²) in [5, 5.41) is 21.1. The molecule has 0 fully saturated rings. The van der Waals surface area contributed by atoms with Gasteiger partial charge in [-0.25, -0.2) is 0 Å².